The van der Waals surface area contributed by atoms with Gasteiger partial charge in [-0.15, -0.1) is 0 Å². The van der Waals surface area contributed by atoms with Gasteiger partial charge in [0.2, 0.25) is 5.89 Å². The SMILES string of the molecule is c1ccc2cc(-c3nc4cccc(-c5ccc(N(c6ccc7oc8ccccc8c7c6)c6cccc7ccccc67)cc5)c4o3)ccc2c1. The number of furan rings is 1. The minimum absolute atomic E-state index is 0.620. The summed E-state index contributed by atoms with van der Waals surface area (Å²) in [5.41, 5.74) is 9.62. The quantitative estimate of drug-likeness (QED) is 0.190. The van der Waals surface area contributed by atoms with Gasteiger partial charge in [0.05, 0.1) is 5.69 Å². The molecule has 4 heteroatoms. The number of benzene rings is 8. The van der Waals surface area contributed by atoms with Crippen LogP contribution in [-0.2, 0) is 0 Å². The van der Waals surface area contributed by atoms with Gasteiger partial charge >= 0.3 is 0 Å². The molecule has 0 spiro atoms. The molecule has 0 radical (unpaired) electrons. The summed E-state index contributed by atoms with van der Waals surface area (Å²) >= 11 is 0. The average Bonchev–Trinajstić information content (AvgIpc) is 3.77. The van der Waals surface area contributed by atoms with Crippen molar-refractivity contribution in [1.82, 2.24) is 4.98 Å². The fraction of sp³-hybridized carbons (Fsp3) is 0. The minimum Gasteiger partial charge on any atom is -0.456 e. The number of oxazole rings is 1. The molecule has 0 unspecified atom stereocenters. The van der Waals surface area contributed by atoms with E-state index in [1.54, 1.807) is 0 Å². The first-order valence-corrected chi connectivity index (χ1v) is 16.5. The molecular weight excluding hydrogens is 601 g/mol. The Labute approximate surface area is 282 Å². The van der Waals surface area contributed by atoms with E-state index in [0.717, 1.165) is 72.2 Å². The van der Waals surface area contributed by atoms with Crippen molar-refractivity contribution in [1.29, 1.82) is 0 Å². The highest BCUT2D eigenvalue weighted by atomic mass is 16.3. The summed E-state index contributed by atoms with van der Waals surface area (Å²) in [5, 5.41) is 6.92. The number of para-hydroxylation sites is 2. The van der Waals surface area contributed by atoms with Crippen LogP contribution in [-0.4, -0.2) is 4.98 Å². The topological polar surface area (TPSA) is 42.4 Å². The fourth-order valence-electron chi connectivity index (χ4n) is 7.10. The van der Waals surface area contributed by atoms with E-state index < -0.39 is 0 Å². The summed E-state index contributed by atoms with van der Waals surface area (Å²) in [7, 11) is 0. The van der Waals surface area contributed by atoms with Crippen molar-refractivity contribution in [3.63, 3.8) is 0 Å². The van der Waals surface area contributed by atoms with Crippen molar-refractivity contribution in [2.24, 2.45) is 0 Å². The van der Waals surface area contributed by atoms with E-state index in [-0.39, 0.29) is 0 Å². The molecule has 0 amide bonds. The summed E-state index contributed by atoms with van der Waals surface area (Å²) in [6, 6.07) is 59.3. The molecule has 0 aliphatic rings. The molecule has 230 valence electrons. The van der Waals surface area contributed by atoms with Crippen molar-refractivity contribution in [2.45, 2.75) is 0 Å². The molecule has 0 atom stereocenters. The Morgan fingerprint density at radius 3 is 2.02 bits per heavy atom. The van der Waals surface area contributed by atoms with E-state index in [0.29, 0.717) is 5.89 Å². The maximum absolute atomic E-state index is 6.49. The number of aromatic nitrogens is 1. The van der Waals surface area contributed by atoms with Gasteiger partial charge in [0.1, 0.15) is 16.7 Å². The minimum atomic E-state index is 0.620. The second-order valence-electron chi connectivity index (χ2n) is 12.4. The van der Waals surface area contributed by atoms with Crippen LogP contribution < -0.4 is 4.90 Å². The van der Waals surface area contributed by atoms with Gasteiger partial charge < -0.3 is 13.7 Å². The van der Waals surface area contributed by atoms with Crippen molar-refractivity contribution in [2.75, 3.05) is 4.90 Å². The molecule has 8 aromatic carbocycles. The number of nitrogens with zero attached hydrogens (tertiary/aromatic N) is 2. The summed E-state index contributed by atoms with van der Waals surface area (Å²) in [5.74, 6) is 0.620. The number of rotatable bonds is 5. The normalized spacial score (nSPS) is 11.7. The van der Waals surface area contributed by atoms with Gasteiger partial charge in [-0.2, -0.15) is 0 Å². The number of hydrogen-bond acceptors (Lipinski definition) is 4. The van der Waals surface area contributed by atoms with Crippen LogP contribution in [0.25, 0.3) is 77.2 Å². The van der Waals surface area contributed by atoms with E-state index in [4.69, 9.17) is 13.8 Å². The number of anilines is 3. The lowest BCUT2D eigenvalue weighted by molar-refractivity contribution is 0.621. The van der Waals surface area contributed by atoms with Crippen LogP contribution >= 0.6 is 0 Å². The van der Waals surface area contributed by atoms with E-state index in [2.05, 4.69) is 150 Å². The zero-order chi connectivity index (χ0) is 32.3. The molecular formula is C45H28N2O2. The van der Waals surface area contributed by atoms with Crippen LogP contribution in [0.4, 0.5) is 17.1 Å². The lowest BCUT2D eigenvalue weighted by atomic mass is 10.0. The third-order valence-corrected chi connectivity index (χ3v) is 9.47. The Hall–Kier alpha value is -6.65. The first kappa shape index (κ1) is 27.5. The van der Waals surface area contributed by atoms with Gasteiger partial charge in [-0.25, -0.2) is 4.98 Å². The molecule has 10 aromatic rings. The summed E-state index contributed by atoms with van der Waals surface area (Å²) < 4.78 is 12.7. The molecule has 0 N–H and O–H groups in total. The molecule has 10 rings (SSSR count). The lowest BCUT2D eigenvalue weighted by Crippen LogP contribution is -2.10. The van der Waals surface area contributed by atoms with Crippen molar-refractivity contribution >= 4 is 71.6 Å². The van der Waals surface area contributed by atoms with Crippen LogP contribution in [0.2, 0.25) is 0 Å². The van der Waals surface area contributed by atoms with Gasteiger partial charge in [0.25, 0.3) is 0 Å². The highest BCUT2D eigenvalue weighted by molar-refractivity contribution is 6.07. The van der Waals surface area contributed by atoms with Crippen LogP contribution in [0, 0.1) is 0 Å². The van der Waals surface area contributed by atoms with Crippen molar-refractivity contribution in [3.8, 4) is 22.6 Å². The van der Waals surface area contributed by atoms with Crippen molar-refractivity contribution < 1.29 is 8.83 Å². The third kappa shape index (κ3) is 4.57. The van der Waals surface area contributed by atoms with E-state index >= 15 is 0 Å². The second-order valence-corrected chi connectivity index (χ2v) is 12.4. The average molecular weight is 629 g/mol. The molecule has 0 saturated heterocycles. The maximum Gasteiger partial charge on any atom is 0.227 e. The second kappa shape index (κ2) is 11.0. The zero-order valence-electron chi connectivity index (χ0n) is 26.4. The van der Waals surface area contributed by atoms with Crippen LogP contribution in [0.3, 0.4) is 0 Å². The zero-order valence-corrected chi connectivity index (χ0v) is 26.4. The smallest absolute Gasteiger partial charge is 0.227 e. The fourth-order valence-corrected chi connectivity index (χ4v) is 7.10. The van der Waals surface area contributed by atoms with E-state index in [1.165, 1.54) is 16.2 Å². The standard InChI is InChI=1S/C45H28N2O2/c1-2-11-32-27-33(20-19-29(32)9-1)45-46-40-16-8-15-37(44(40)49-45)31-21-23-34(24-22-31)47(41-17-7-12-30-10-3-4-13-36(30)41)35-25-26-43-39(28-35)38-14-5-6-18-42(38)48-43/h1-28H. The third-order valence-electron chi connectivity index (χ3n) is 9.47. The number of fused-ring (bicyclic) bond motifs is 6. The predicted molar refractivity (Wildman–Crippen MR) is 202 cm³/mol. The van der Waals surface area contributed by atoms with Gasteiger partial charge in [-0.05, 0) is 82.4 Å². The van der Waals surface area contributed by atoms with Crippen LogP contribution in [0.5, 0.6) is 0 Å². The van der Waals surface area contributed by atoms with Gasteiger partial charge in [-0.3, -0.25) is 0 Å². The van der Waals surface area contributed by atoms with Gasteiger partial charge in [0.15, 0.2) is 5.58 Å². The van der Waals surface area contributed by atoms with Gasteiger partial charge in [0, 0.05) is 38.7 Å². The van der Waals surface area contributed by atoms with E-state index in [1.807, 2.05) is 24.3 Å². The Morgan fingerprint density at radius 1 is 0.429 bits per heavy atom. The summed E-state index contributed by atoms with van der Waals surface area (Å²) in [4.78, 5) is 7.22. The lowest BCUT2D eigenvalue weighted by Gasteiger charge is -2.27. The first-order chi connectivity index (χ1) is 24.3. The maximum atomic E-state index is 6.49. The molecule has 4 nitrogen and oxygen atoms in total. The number of hydrogen-bond donors (Lipinski definition) is 0. The summed E-state index contributed by atoms with van der Waals surface area (Å²) in [6.07, 6.45) is 0. The Morgan fingerprint density at radius 2 is 1.12 bits per heavy atom. The molecule has 0 fully saturated rings. The molecule has 2 heterocycles. The highest BCUT2D eigenvalue weighted by Gasteiger charge is 2.19. The van der Waals surface area contributed by atoms with Crippen LogP contribution in [0.1, 0.15) is 0 Å². The van der Waals surface area contributed by atoms with E-state index in [9.17, 15) is 0 Å². The molecule has 2 aromatic heterocycles. The largest absolute Gasteiger partial charge is 0.456 e. The Bertz CT molecular complexity index is 2840. The van der Waals surface area contributed by atoms with Crippen LogP contribution in [0.15, 0.2) is 179 Å². The molecule has 0 bridgehead atoms. The Kier molecular flexibility index (Phi) is 6.15. The van der Waals surface area contributed by atoms with Crippen molar-refractivity contribution in [3.05, 3.63) is 170 Å². The first-order valence-electron chi connectivity index (χ1n) is 16.5. The summed E-state index contributed by atoms with van der Waals surface area (Å²) in [6.45, 7) is 0. The predicted octanol–water partition coefficient (Wildman–Crippen LogP) is 12.8. The molecule has 0 aliphatic heterocycles. The molecule has 0 aliphatic carbocycles. The highest BCUT2D eigenvalue weighted by Crippen LogP contribution is 2.42. The van der Waals surface area contributed by atoms with Gasteiger partial charge in [-0.1, -0.05) is 109 Å². The monoisotopic (exact) mass is 628 g/mol. The Balaban J connectivity index is 1.09. The molecule has 49 heavy (non-hydrogen) atoms. The molecule has 0 saturated carbocycles.